The molecule has 0 amide bonds. The van der Waals surface area contributed by atoms with Crippen molar-refractivity contribution >= 4 is 37.5 Å². The van der Waals surface area contributed by atoms with E-state index in [4.69, 9.17) is 4.74 Å². The number of ether oxygens (including phenoxy) is 1. The van der Waals surface area contributed by atoms with Crippen LogP contribution >= 0.6 is 31.9 Å². The van der Waals surface area contributed by atoms with Crippen molar-refractivity contribution in [2.24, 2.45) is 0 Å². The molecule has 2 aliphatic rings. The number of anilines is 1. The highest BCUT2D eigenvalue weighted by Crippen LogP contribution is 2.61. The van der Waals surface area contributed by atoms with Crippen LogP contribution in [0.25, 0.3) is 0 Å². The molecule has 3 aromatic rings. The fourth-order valence-electron chi connectivity index (χ4n) is 4.60. The first-order valence-electron chi connectivity index (χ1n) is 8.69. The molecule has 0 aromatic heterocycles. The number of nitrogens with one attached hydrogen (secondary N) is 1. The number of hydrogen-bond donors (Lipinski definition) is 1. The van der Waals surface area contributed by atoms with Crippen LogP contribution in [0.2, 0.25) is 0 Å². The van der Waals surface area contributed by atoms with Crippen LogP contribution in [0.5, 0.6) is 0 Å². The smallest absolute Gasteiger partial charge is 0.178 e. The van der Waals surface area contributed by atoms with Crippen molar-refractivity contribution in [2.45, 2.75) is 17.6 Å². The van der Waals surface area contributed by atoms with Gasteiger partial charge in [-0.15, -0.1) is 0 Å². The number of fused-ring (bicyclic) bond motifs is 3. The standard InChI is InChI=1S/C22H17Br2NO/c23-17-9-5-15(6-10-17)21-13-14-26-22(21,16-7-11-18(24)12-8-16)25-20-4-2-1-3-19(20)21/h1-12,25H,13-14H2/t21-,22+/m1/s1. The van der Waals surface area contributed by atoms with Gasteiger partial charge in [0, 0.05) is 20.2 Å². The van der Waals surface area contributed by atoms with E-state index in [1.54, 1.807) is 0 Å². The molecule has 2 nitrogen and oxygen atoms in total. The summed E-state index contributed by atoms with van der Waals surface area (Å²) in [5.74, 6) is 0. The molecule has 0 aliphatic carbocycles. The van der Waals surface area contributed by atoms with E-state index in [2.05, 4.69) is 110 Å². The van der Waals surface area contributed by atoms with Gasteiger partial charge in [-0.3, -0.25) is 0 Å². The van der Waals surface area contributed by atoms with Gasteiger partial charge in [-0.25, -0.2) is 0 Å². The minimum atomic E-state index is -0.592. The largest absolute Gasteiger partial charge is 0.353 e. The van der Waals surface area contributed by atoms with E-state index in [0.717, 1.165) is 26.6 Å². The second kappa shape index (κ2) is 5.95. The minimum Gasteiger partial charge on any atom is -0.353 e. The maximum atomic E-state index is 6.52. The van der Waals surface area contributed by atoms with Gasteiger partial charge in [-0.1, -0.05) is 74.3 Å². The lowest BCUT2D eigenvalue weighted by Crippen LogP contribution is -2.47. The van der Waals surface area contributed by atoms with E-state index in [1.807, 2.05) is 0 Å². The van der Waals surface area contributed by atoms with Gasteiger partial charge in [0.2, 0.25) is 0 Å². The van der Waals surface area contributed by atoms with E-state index in [9.17, 15) is 0 Å². The first kappa shape index (κ1) is 16.5. The molecule has 2 heterocycles. The Hall–Kier alpha value is -1.62. The molecule has 1 fully saturated rings. The Morgan fingerprint density at radius 2 is 1.38 bits per heavy atom. The Morgan fingerprint density at radius 3 is 2.08 bits per heavy atom. The van der Waals surface area contributed by atoms with Crippen LogP contribution in [0.4, 0.5) is 5.69 Å². The molecule has 2 atom stereocenters. The first-order valence-corrected chi connectivity index (χ1v) is 10.3. The monoisotopic (exact) mass is 469 g/mol. The van der Waals surface area contributed by atoms with E-state index in [1.165, 1.54) is 11.1 Å². The summed E-state index contributed by atoms with van der Waals surface area (Å²) in [5.41, 5.74) is 4.04. The van der Waals surface area contributed by atoms with Crippen LogP contribution in [0, 0.1) is 0 Å². The first-order chi connectivity index (χ1) is 12.7. The van der Waals surface area contributed by atoms with Gasteiger partial charge in [0.05, 0.1) is 12.0 Å². The SMILES string of the molecule is Brc1ccc([C@@]23CCO[C@]2(c2ccc(Br)cc2)Nc2ccccc23)cc1. The molecule has 3 aromatic carbocycles. The van der Waals surface area contributed by atoms with Gasteiger partial charge in [0.1, 0.15) is 0 Å². The molecule has 0 bridgehead atoms. The number of para-hydroxylation sites is 1. The molecule has 130 valence electrons. The Bertz CT molecular complexity index is 970. The summed E-state index contributed by atoms with van der Waals surface area (Å²) in [6, 6.07) is 25.7. The molecule has 4 heteroatoms. The van der Waals surface area contributed by atoms with Crippen molar-refractivity contribution in [2.75, 3.05) is 11.9 Å². The quantitative estimate of drug-likeness (QED) is 0.481. The summed E-state index contributed by atoms with van der Waals surface area (Å²) in [4.78, 5) is 0. The molecule has 0 unspecified atom stereocenters. The number of benzene rings is 3. The topological polar surface area (TPSA) is 21.3 Å². The lowest BCUT2D eigenvalue weighted by molar-refractivity contribution is 0.00275. The fraction of sp³-hybridized carbons (Fsp3) is 0.182. The number of rotatable bonds is 2. The summed E-state index contributed by atoms with van der Waals surface area (Å²) < 4.78 is 8.68. The Labute approximate surface area is 169 Å². The molecule has 5 rings (SSSR count). The molecular formula is C22H17Br2NO. The average Bonchev–Trinajstić information content (AvgIpc) is 3.16. The van der Waals surface area contributed by atoms with Gasteiger partial charge in [-0.05, 0) is 47.9 Å². The van der Waals surface area contributed by atoms with Crippen molar-refractivity contribution in [3.8, 4) is 0 Å². The highest BCUT2D eigenvalue weighted by molar-refractivity contribution is 9.10. The van der Waals surface area contributed by atoms with Crippen molar-refractivity contribution in [1.29, 1.82) is 0 Å². The summed E-state index contributed by atoms with van der Waals surface area (Å²) in [6.45, 7) is 0.716. The van der Waals surface area contributed by atoms with Crippen molar-refractivity contribution in [1.82, 2.24) is 0 Å². The average molecular weight is 471 g/mol. The maximum absolute atomic E-state index is 6.52. The second-order valence-corrected chi connectivity index (χ2v) is 8.70. The molecule has 26 heavy (non-hydrogen) atoms. The van der Waals surface area contributed by atoms with E-state index in [-0.39, 0.29) is 5.41 Å². The summed E-state index contributed by atoms with van der Waals surface area (Å²) in [6.07, 6.45) is 0.939. The summed E-state index contributed by atoms with van der Waals surface area (Å²) in [5, 5.41) is 3.75. The molecule has 0 radical (unpaired) electrons. The van der Waals surface area contributed by atoms with E-state index in [0.29, 0.717) is 6.61 Å². The lowest BCUT2D eigenvalue weighted by Gasteiger charge is -2.40. The zero-order valence-corrected chi connectivity index (χ0v) is 17.2. The normalized spacial score (nSPS) is 26.2. The van der Waals surface area contributed by atoms with E-state index >= 15 is 0 Å². The van der Waals surface area contributed by atoms with Crippen molar-refractivity contribution in [3.05, 3.63) is 98.4 Å². The molecular weight excluding hydrogens is 454 g/mol. The maximum Gasteiger partial charge on any atom is 0.178 e. The predicted molar refractivity (Wildman–Crippen MR) is 111 cm³/mol. The number of hydrogen-bond acceptors (Lipinski definition) is 2. The Morgan fingerprint density at radius 1 is 0.769 bits per heavy atom. The predicted octanol–water partition coefficient (Wildman–Crippen LogP) is 6.20. The van der Waals surface area contributed by atoms with Crippen molar-refractivity contribution in [3.63, 3.8) is 0 Å². The summed E-state index contributed by atoms with van der Waals surface area (Å²) >= 11 is 7.12. The number of halogens is 2. The van der Waals surface area contributed by atoms with Crippen LogP contribution in [0.1, 0.15) is 23.1 Å². The van der Waals surface area contributed by atoms with Crippen molar-refractivity contribution < 1.29 is 4.74 Å². The van der Waals surface area contributed by atoms with Crippen LogP contribution in [-0.4, -0.2) is 6.61 Å². The highest BCUT2D eigenvalue weighted by Gasteiger charge is 2.64. The third kappa shape index (κ3) is 2.13. The van der Waals surface area contributed by atoms with Gasteiger partial charge < -0.3 is 10.1 Å². The molecule has 0 spiro atoms. The molecule has 2 aliphatic heterocycles. The van der Waals surface area contributed by atoms with Crippen LogP contribution < -0.4 is 5.32 Å². The van der Waals surface area contributed by atoms with Gasteiger partial charge in [-0.2, -0.15) is 0 Å². The minimum absolute atomic E-state index is 0.252. The molecule has 0 saturated carbocycles. The van der Waals surface area contributed by atoms with Crippen LogP contribution in [0.15, 0.2) is 81.7 Å². The zero-order chi connectivity index (χ0) is 17.8. The second-order valence-electron chi connectivity index (χ2n) is 6.87. The third-order valence-electron chi connectivity index (χ3n) is 5.68. The van der Waals surface area contributed by atoms with Crippen LogP contribution in [-0.2, 0) is 15.9 Å². The molecule has 1 saturated heterocycles. The highest BCUT2D eigenvalue weighted by atomic mass is 79.9. The Kier molecular flexibility index (Phi) is 3.78. The zero-order valence-electron chi connectivity index (χ0n) is 14.0. The summed E-state index contributed by atoms with van der Waals surface area (Å²) in [7, 11) is 0. The Balaban J connectivity index is 1.81. The third-order valence-corrected chi connectivity index (χ3v) is 6.74. The van der Waals surface area contributed by atoms with Gasteiger partial charge >= 0.3 is 0 Å². The van der Waals surface area contributed by atoms with Gasteiger partial charge in [0.25, 0.3) is 0 Å². The lowest BCUT2D eigenvalue weighted by atomic mass is 9.66. The van der Waals surface area contributed by atoms with Crippen LogP contribution in [0.3, 0.4) is 0 Å². The molecule has 1 N–H and O–H groups in total. The fourth-order valence-corrected chi connectivity index (χ4v) is 5.13. The van der Waals surface area contributed by atoms with Gasteiger partial charge in [0.15, 0.2) is 5.72 Å². The van der Waals surface area contributed by atoms with E-state index < -0.39 is 5.72 Å².